The highest BCUT2D eigenvalue weighted by molar-refractivity contribution is 6.00. The van der Waals surface area contributed by atoms with E-state index in [2.05, 4.69) is 58.0 Å². The highest BCUT2D eigenvalue weighted by Gasteiger charge is 2.23. The van der Waals surface area contributed by atoms with E-state index in [1.165, 1.54) is 30.2 Å². The normalized spacial score (nSPS) is 14.2. The third kappa shape index (κ3) is 5.56. The minimum absolute atomic E-state index is 0.112. The molecule has 3 aromatic rings. The molecule has 3 amide bonds. The van der Waals surface area contributed by atoms with E-state index in [9.17, 15) is 14.4 Å². The van der Waals surface area contributed by atoms with Crippen molar-refractivity contribution in [2.24, 2.45) is 0 Å². The van der Waals surface area contributed by atoms with E-state index >= 15 is 0 Å². The molecule has 0 unspecified atom stereocenters. The molecule has 0 bridgehead atoms. The van der Waals surface area contributed by atoms with Crippen molar-refractivity contribution in [1.29, 1.82) is 0 Å². The van der Waals surface area contributed by atoms with Crippen LogP contribution in [-0.2, 0) is 16.1 Å². The lowest BCUT2D eigenvalue weighted by atomic mass is 10.0. The van der Waals surface area contributed by atoms with Crippen LogP contribution >= 0.6 is 0 Å². The third-order valence-electron chi connectivity index (χ3n) is 5.75. The highest BCUT2D eigenvalue weighted by atomic mass is 16.2. The summed E-state index contributed by atoms with van der Waals surface area (Å²) in [5, 5.41) is 7.89. The first-order valence-electron chi connectivity index (χ1n) is 11.1. The number of nitrogens with zero attached hydrogens (tertiary/aromatic N) is 2. The first kappa shape index (κ1) is 22.5. The van der Waals surface area contributed by atoms with Crippen LogP contribution in [0.1, 0.15) is 29.8 Å². The molecule has 1 heterocycles. The van der Waals surface area contributed by atoms with Crippen molar-refractivity contribution >= 4 is 39.9 Å². The molecule has 33 heavy (non-hydrogen) atoms. The van der Waals surface area contributed by atoms with Crippen molar-refractivity contribution in [2.45, 2.75) is 20.4 Å². The van der Waals surface area contributed by atoms with Gasteiger partial charge in [0, 0.05) is 63.5 Å². The molecule has 0 spiro atoms. The van der Waals surface area contributed by atoms with Gasteiger partial charge in [0.2, 0.25) is 11.8 Å². The molecule has 1 aliphatic heterocycles. The van der Waals surface area contributed by atoms with Gasteiger partial charge >= 0.3 is 0 Å². The van der Waals surface area contributed by atoms with Crippen molar-refractivity contribution in [3.8, 4) is 0 Å². The van der Waals surface area contributed by atoms with Gasteiger partial charge in [-0.2, -0.15) is 0 Å². The van der Waals surface area contributed by atoms with Crippen molar-refractivity contribution < 1.29 is 14.4 Å². The summed E-state index contributed by atoms with van der Waals surface area (Å²) in [5.74, 6) is -0.593. The monoisotopic (exact) mass is 444 g/mol. The van der Waals surface area contributed by atoms with Crippen LogP contribution in [0.4, 0.5) is 11.4 Å². The SMILES string of the molecule is CC(=O)Nc1cc(NC(C)=O)cc(C(=O)N2CCN(Cc3cccc4ccccc34)CC2)c1. The van der Waals surface area contributed by atoms with E-state index in [4.69, 9.17) is 0 Å². The van der Waals surface area contributed by atoms with Crippen LogP contribution < -0.4 is 10.6 Å². The predicted molar refractivity (Wildman–Crippen MR) is 130 cm³/mol. The number of amides is 3. The van der Waals surface area contributed by atoms with Gasteiger partial charge in [0.25, 0.3) is 5.91 Å². The molecule has 0 aromatic heterocycles. The van der Waals surface area contributed by atoms with Gasteiger partial charge in [-0.1, -0.05) is 42.5 Å². The second-order valence-corrected chi connectivity index (χ2v) is 8.37. The van der Waals surface area contributed by atoms with E-state index in [-0.39, 0.29) is 17.7 Å². The lowest BCUT2D eigenvalue weighted by Crippen LogP contribution is -2.48. The van der Waals surface area contributed by atoms with Crippen LogP contribution in [0.25, 0.3) is 10.8 Å². The van der Waals surface area contributed by atoms with Crippen LogP contribution in [-0.4, -0.2) is 53.7 Å². The quantitative estimate of drug-likeness (QED) is 0.629. The number of hydrogen-bond acceptors (Lipinski definition) is 4. The molecule has 1 saturated heterocycles. The highest BCUT2D eigenvalue weighted by Crippen LogP contribution is 2.23. The first-order chi connectivity index (χ1) is 15.9. The summed E-state index contributed by atoms with van der Waals surface area (Å²) >= 11 is 0. The number of anilines is 2. The molecular formula is C26H28N4O3. The van der Waals surface area contributed by atoms with E-state index in [1.54, 1.807) is 18.2 Å². The van der Waals surface area contributed by atoms with Gasteiger partial charge in [0.15, 0.2) is 0 Å². The Balaban J connectivity index is 1.44. The number of hydrogen-bond donors (Lipinski definition) is 2. The zero-order chi connectivity index (χ0) is 23.4. The molecular weight excluding hydrogens is 416 g/mol. The largest absolute Gasteiger partial charge is 0.336 e. The smallest absolute Gasteiger partial charge is 0.254 e. The summed E-state index contributed by atoms with van der Waals surface area (Å²) in [5.41, 5.74) is 2.68. The van der Waals surface area contributed by atoms with Crippen molar-refractivity contribution in [2.75, 3.05) is 36.8 Å². The topological polar surface area (TPSA) is 81.8 Å². The lowest BCUT2D eigenvalue weighted by molar-refractivity contribution is -0.115. The van der Waals surface area contributed by atoms with Gasteiger partial charge in [0.1, 0.15) is 0 Å². The summed E-state index contributed by atoms with van der Waals surface area (Å²) in [7, 11) is 0. The molecule has 3 aromatic carbocycles. The number of benzene rings is 3. The maximum absolute atomic E-state index is 13.2. The minimum Gasteiger partial charge on any atom is -0.336 e. The molecule has 7 nitrogen and oxygen atoms in total. The molecule has 2 N–H and O–H groups in total. The number of carbonyl (C=O) groups is 3. The van der Waals surface area contributed by atoms with E-state index in [0.717, 1.165) is 19.6 Å². The summed E-state index contributed by atoms with van der Waals surface area (Å²) in [6, 6.07) is 19.7. The second kappa shape index (κ2) is 9.83. The number of carbonyl (C=O) groups excluding carboxylic acids is 3. The van der Waals surface area contributed by atoms with Crippen LogP contribution in [0.15, 0.2) is 60.7 Å². The fourth-order valence-corrected chi connectivity index (χ4v) is 4.26. The molecule has 7 heteroatoms. The van der Waals surface area contributed by atoms with E-state index in [0.29, 0.717) is 30.0 Å². The molecule has 0 atom stereocenters. The fraction of sp³-hybridized carbons (Fsp3) is 0.269. The Morgan fingerprint density at radius 1 is 0.788 bits per heavy atom. The lowest BCUT2D eigenvalue weighted by Gasteiger charge is -2.35. The summed E-state index contributed by atoms with van der Waals surface area (Å²) in [6.07, 6.45) is 0. The number of nitrogens with one attached hydrogen (secondary N) is 2. The first-order valence-corrected chi connectivity index (χ1v) is 11.1. The second-order valence-electron chi connectivity index (χ2n) is 8.37. The fourth-order valence-electron chi connectivity index (χ4n) is 4.26. The Hall–Kier alpha value is -3.71. The predicted octanol–water partition coefficient (Wildman–Crippen LogP) is 3.71. The number of rotatable bonds is 5. The van der Waals surface area contributed by atoms with Gasteiger partial charge in [-0.25, -0.2) is 0 Å². The molecule has 0 saturated carbocycles. The van der Waals surface area contributed by atoms with Crippen molar-refractivity contribution in [3.63, 3.8) is 0 Å². The standard InChI is InChI=1S/C26H28N4O3/c1-18(31)27-23-14-22(15-24(16-23)28-19(2)32)26(33)30-12-10-29(11-13-30)17-21-8-5-7-20-6-3-4-9-25(20)21/h3-9,14-16H,10-13,17H2,1-2H3,(H,27,31)(H,28,32). The number of piperazine rings is 1. The molecule has 0 radical (unpaired) electrons. The zero-order valence-corrected chi connectivity index (χ0v) is 18.9. The molecule has 1 aliphatic rings. The Labute approximate surface area is 193 Å². The van der Waals surface area contributed by atoms with Crippen LogP contribution in [0, 0.1) is 0 Å². The maximum atomic E-state index is 13.2. The van der Waals surface area contributed by atoms with Crippen molar-refractivity contribution in [1.82, 2.24) is 9.80 Å². The van der Waals surface area contributed by atoms with Gasteiger partial charge in [-0.3, -0.25) is 19.3 Å². The molecule has 4 rings (SSSR count). The Kier molecular flexibility index (Phi) is 6.70. The number of fused-ring (bicyclic) bond motifs is 1. The minimum atomic E-state index is -0.240. The Morgan fingerprint density at radius 3 is 2.03 bits per heavy atom. The molecule has 1 fully saturated rings. The summed E-state index contributed by atoms with van der Waals surface area (Å²) in [4.78, 5) is 40.4. The third-order valence-corrected chi connectivity index (χ3v) is 5.75. The van der Waals surface area contributed by atoms with Gasteiger partial charge in [0.05, 0.1) is 0 Å². The average molecular weight is 445 g/mol. The van der Waals surface area contributed by atoms with Crippen molar-refractivity contribution in [3.05, 3.63) is 71.8 Å². The van der Waals surface area contributed by atoms with Crippen LogP contribution in [0.5, 0.6) is 0 Å². The Morgan fingerprint density at radius 2 is 1.39 bits per heavy atom. The molecule has 170 valence electrons. The maximum Gasteiger partial charge on any atom is 0.254 e. The summed E-state index contributed by atoms with van der Waals surface area (Å²) < 4.78 is 0. The van der Waals surface area contributed by atoms with Gasteiger partial charge in [-0.15, -0.1) is 0 Å². The van der Waals surface area contributed by atoms with Crippen LogP contribution in [0.3, 0.4) is 0 Å². The molecule has 0 aliphatic carbocycles. The Bertz CT molecular complexity index is 1160. The van der Waals surface area contributed by atoms with Gasteiger partial charge in [-0.05, 0) is 34.5 Å². The van der Waals surface area contributed by atoms with E-state index in [1.807, 2.05) is 4.90 Å². The van der Waals surface area contributed by atoms with E-state index < -0.39 is 0 Å². The zero-order valence-electron chi connectivity index (χ0n) is 18.9. The van der Waals surface area contributed by atoms with Crippen LogP contribution in [0.2, 0.25) is 0 Å². The summed E-state index contributed by atoms with van der Waals surface area (Å²) in [6.45, 7) is 6.43. The average Bonchev–Trinajstić information content (AvgIpc) is 2.78. The van der Waals surface area contributed by atoms with Gasteiger partial charge < -0.3 is 15.5 Å².